The fourth-order valence-corrected chi connectivity index (χ4v) is 6.45. The number of hydrogen-bond donors (Lipinski definition) is 1. The van der Waals surface area contributed by atoms with Crippen molar-refractivity contribution in [1.82, 2.24) is 19.4 Å². The van der Waals surface area contributed by atoms with Crippen molar-refractivity contribution in [2.45, 2.75) is 30.4 Å². The van der Waals surface area contributed by atoms with Crippen molar-refractivity contribution >= 4 is 43.7 Å². The summed E-state index contributed by atoms with van der Waals surface area (Å²) < 4.78 is 32.9. The third-order valence-corrected chi connectivity index (χ3v) is 8.58. The Morgan fingerprint density at radius 1 is 1.41 bits per heavy atom. The second kappa shape index (κ2) is 8.30. The third-order valence-electron chi connectivity index (χ3n) is 4.62. The van der Waals surface area contributed by atoms with E-state index in [1.165, 1.54) is 15.6 Å². The summed E-state index contributed by atoms with van der Waals surface area (Å²) in [7, 11) is -3.70. The molecule has 154 valence electrons. The van der Waals surface area contributed by atoms with Crippen LogP contribution in [0, 0.1) is 5.92 Å². The quantitative estimate of drug-likeness (QED) is 0.609. The molecule has 0 aliphatic carbocycles. The van der Waals surface area contributed by atoms with Crippen LogP contribution in [0.25, 0.3) is 11.4 Å². The number of amides is 1. The zero-order valence-corrected chi connectivity index (χ0v) is 18.0. The Labute approximate surface area is 175 Å². The molecule has 0 spiro atoms. The Kier molecular flexibility index (Phi) is 5.76. The van der Waals surface area contributed by atoms with Crippen LogP contribution in [0.5, 0.6) is 0 Å². The molecule has 12 heteroatoms. The molecule has 1 atom stereocenters. The summed E-state index contributed by atoms with van der Waals surface area (Å²) in [5.74, 6) is 0.261. The van der Waals surface area contributed by atoms with E-state index in [4.69, 9.17) is 4.52 Å². The number of sulfonamides is 1. The van der Waals surface area contributed by atoms with Gasteiger partial charge in [0.2, 0.25) is 17.6 Å². The normalized spacial score (nSPS) is 18.0. The SMILES string of the molecule is CCc1nc(-c2csc(S(=O)(=O)N3CCCC(C(=O)Nc4nccs4)C3)c2)no1. The minimum atomic E-state index is -3.70. The molecule has 1 unspecified atom stereocenters. The zero-order valence-electron chi connectivity index (χ0n) is 15.6. The molecule has 1 amide bonds. The standard InChI is InChI=1S/C17H19N5O4S3/c1-2-13-19-15(21-26-13)12-8-14(28-10-12)29(24,25)22-6-3-4-11(9-22)16(23)20-17-18-5-7-27-17/h5,7-8,10-11H,2-4,6,9H2,1H3,(H,18,20,23). The van der Waals surface area contributed by atoms with Crippen LogP contribution in [0.1, 0.15) is 25.7 Å². The molecule has 1 aliphatic heterocycles. The second-order valence-corrected chi connectivity index (χ2v) is 10.5. The number of aryl methyl sites for hydroxylation is 1. The minimum absolute atomic E-state index is 0.148. The number of thiazole rings is 1. The van der Waals surface area contributed by atoms with Gasteiger partial charge in [-0.2, -0.15) is 9.29 Å². The lowest BCUT2D eigenvalue weighted by Crippen LogP contribution is -2.43. The van der Waals surface area contributed by atoms with E-state index in [1.807, 2.05) is 6.92 Å². The summed E-state index contributed by atoms with van der Waals surface area (Å²) in [5.41, 5.74) is 0.604. The van der Waals surface area contributed by atoms with Crippen LogP contribution in [0.4, 0.5) is 5.13 Å². The summed E-state index contributed by atoms with van der Waals surface area (Å²) in [6.07, 6.45) is 3.49. The van der Waals surface area contributed by atoms with Crippen LogP contribution in [0.3, 0.4) is 0 Å². The number of rotatable bonds is 6. The molecule has 1 N–H and O–H groups in total. The van der Waals surface area contributed by atoms with Gasteiger partial charge in [-0.1, -0.05) is 12.1 Å². The van der Waals surface area contributed by atoms with Gasteiger partial charge in [-0.05, 0) is 18.9 Å². The van der Waals surface area contributed by atoms with E-state index in [9.17, 15) is 13.2 Å². The summed E-state index contributed by atoms with van der Waals surface area (Å²) in [4.78, 5) is 20.8. The number of nitrogens with one attached hydrogen (secondary N) is 1. The molecule has 0 bridgehead atoms. The Hall–Kier alpha value is -2.15. The molecule has 3 aromatic rings. The highest BCUT2D eigenvalue weighted by atomic mass is 32.2. The lowest BCUT2D eigenvalue weighted by molar-refractivity contribution is -0.120. The lowest BCUT2D eigenvalue weighted by atomic mass is 9.99. The maximum absolute atomic E-state index is 13.1. The highest BCUT2D eigenvalue weighted by Gasteiger charge is 2.34. The molecule has 4 rings (SSSR count). The van der Waals surface area contributed by atoms with Gasteiger partial charge in [0.15, 0.2) is 5.13 Å². The third kappa shape index (κ3) is 4.25. The molecule has 29 heavy (non-hydrogen) atoms. The molecular formula is C17H19N5O4S3. The number of thiophene rings is 1. The van der Waals surface area contributed by atoms with E-state index < -0.39 is 15.9 Å². The van der Waals surface area contributed by atoms with Gasteiger partial charge in [0.25, 0.3) is 10.0 Å². The number of piperidine rings is 1. The Balaban J connectivity index is 1.48. The molecular weight excluding hydrogens is 434 g/mol. The summed E-state index contributed by atoms with van der Waals surface area (Å²) in [5, 5.41) is 10.6. The fourth-order valence-electron chi connectivity index (χ4n) is 3.08. The predicted molar refractivity (Wildman–Crippen MR) is 109 cm³/mol. The van der Waals surface area contributed by atoms with Gasteiger partial charge in [0, 0.05) is 42.0 Å². The van der Waals surface area contributed by atoms with Crippen LogP contribution in [-0.2, 0) is 21.2 Å². The average Bonchev–Trinajstić information content (AvgIpc) is 3.48. The van der Waals surface area contributed by atoms with Crippen LogP contribution in [0.2, 0.25) is 0 Å². The molecule has 1 saturated heterocycles. The highest BCUT2D eigenvalue weighted by molar-refractivity contribution is 7.91. The molecule has 3 aromatic heterocycles. The van der Waals surface area contributed by atoms with E-state index >= 15 is 0 Å². The van der Waals surface area contributed by atoms with Crippen molar-refractivity contribution in [3.63, 3.8) is 0 Å². The first-order valence-electron chi connectivity index (χ1n) is 9.09. The number of carbonyl (C=O) groups excluding carboxylic acids is 1. The zero-order chi connectivity index (χ0) is 20.4. The number of anilines is 1. The average molecular weight is 454 g/mol. The van der Waals surface area contributed by atoms with Gasteiger partial charge in [0.05, 0.1) is 5.92 Å². The molecule has 0 saturated carbocycles. The van der Waals surface area contributed by atoms with Crippen molar-refractivity contribution < 1.29 is 17.7 Å². The maximum atomic E-state index is 13.1. The maximum Gasteiger partial charge on any atom is 0.252 e. The molecule has 9 nitrogen and oxygen atoms in total. The second-order valence-electron chi connectivity index (χ2n) is 6.55. The first kappa shape index (κ1) is 20.1. The van der Waals surface area contributed by atoms with Crippen molar-refractivity contribution in [1.29, 1.82) is 0 Å². The van der Waals surface area contributed by atoms with Gasteiger partial charge < -0.3 is 9.84 Å². The first-order valence-corrected chi connectivity index (χ1v) is 12.3. The number of carbonyl (C=O) groups is 1. The number of hydrogen-bond acceptors (Lipinski definition) is 9. The van der Waals surface area contributed by atoms with Gasteiger partial charge in [-0.25, -0.2) is 13.4 Å². The Morgan fingerprint density at radius 3 is 3.00 bits per heavy atom. The molecule has 0 aromatic carbocycles. The van der Waals surface area contributed by atoms with Crippen molar-refractivity contribution in [3.05, 3.63) is 28.9 Å². The summed E-state index contributed by atoms with van der Waals surface area (Å²) >= 11 is 2.44. The van der Waals surface area contributed by atoms with Crippen molar-refractivity contribution in [2.75, 3.05) is 18.4 Å². The monoisotopic (exact) mass is 453 g/mol. The Bertz CT molecular complexity index is 1090. The van der Waals surface area contributed by atoms with Crippen LogP contribution in [0.15, 0.2) is 31.8 Å². The van der Waals surface area contributed by atoms with Crippen LogP contribution >= 0.6 is 22.7 Å². The molecule has 1 aliphatic rings. The van der Waals surface area contributed by atoms with E-state index in [-0.39, 0.29) is 16.7 Å². The van der Waals surface area contributed by atoms with Crippen LogP contribution < -0.4 is 5.32 Å². The van der Waals surface area contributed by atoms with Gasteiger partial charge >= 0.3 is 0 Å². The predicted octanol–water partition coefficient (Wildman–Crippen LogP) is 2.86. The fraction of sp³-hybridized carbons (Fsp3) is 0.412. The van der Waals surface area contributed by atoms with Crippen molar-refractivity contribution in [2.24, 2.45) is 5.92 Å². The van der Waals surface area contributed by atoms with Gasteiger partial charge in [-0.15, -0.1) is 22.7 Å². The molecule has 4 heterocycles. The van der Waals surface area contributed by atoms with E-state index in [2.05, 4.69) is 20.4 Å². The largest absolute Gasteiger partial charge is 0.339 e. The van der Waals surface area contributed by atoms with Crippen molar-refractivity contribution in [3.8, 4) is 11.4 Å². The number of nitrogens with zero attached hydrogens (tertiary/aromatic N) is 4. The smallest absolute Gasteiger partial charge is 0.252 e. The van der Waals surface area contributed by atoms with E-state index in [0.29, 0.717) is 48.2 Å². The van der Waals surface area contributed by atoms with Gasteiger partial charge in [-0.3, -0.25) is 4.79 Å². The highest BCUT2D eigenvalue weighted by Crippen LogP contribution is 2.31. The topological polar surface area (TPSA) is 118 Å². The molecule has 1 fully saturated rings. The van der Waals surface area contributed by atoms with Crippen LogP contribution in [-0.4, -0.2) is 46.8 Å². The first-order chi connectivity index (χ1) is 14.0. The minimum Gasteiger partial charge on any atom is -0.339 e. The lowest BCUT2D eigenvalue weighted by Gasteiger charge is -2.30. The number of aromatic nitrogens is 3. The van der Waals surface area contributed by atoms with Gasteiger partial charge in [0.1, 0.15) is 4.21 Å². The molecule has 0 radical (unpaired) electrons. The summed E-state index contributed by atoms with van der Waals surface area (Å²) in [6.45, 7) is 2.44. The van der Waals surface area contributed by atoms with E-state index in [0.717, 1.165) is 11.3 Å². The Morgan fingerprint density at radius 2 is 2.28 bits per heavy atom. The summed E-state index contributed by atoms with van der Waals surface area (Å²) in [6, 6.07) is 1.56. The van der Waals surface area contributed by atoms with E-state index in [1.54, 1.807) is 23.0 Å².